The van der Waals surface area contributed by atoms with Crippen LogP contribution < -0.4 is 14.8 Å². The summed E-state index contributed by atoms with van der Waals surface area (Å²) in [6.45, 7) is 1.96. The smallest absolute Gasteiger partial charge is 0.252 e. The van der Waals surface area contributed by atoms with E-state index in [2.05, 4.69) is 5.32 Å². The highest BCUT2D eigenvalue weighted by Gasteiger charge is 2.14. The van der Waals surface area contributed by atoms with Gasteiger partial charge in [-0.3, -0.25) is 4.79 Å². The van der Waals surface area contributed by atoms with Crippen molar-refractivity contribution in [1.29, 1.82) is 0 Å². The van der Waals surface area contributed by atoms with Crippen LogP contribution in [0.4, 0.5) is 0 Å². The lowest BCUT2D eigenvalue weighted by atomic mass is 10.1. The van der Waals surface area contributed by atoms with E-state index in [-0.39, 0.29) is 11.9 Å². The number of hydrogen-bond donors (Lipinski definition) is 1. The van der Waals surface area contributed by atoms with E-state index in [1.54, 1.807) is 43.8 Å². The lowest BCUT2D eigenvalue weighted by Gasteiger charge is -2.13. The number of carbonyl (C=O) groups excluding carboxylic acids is 1. The van der Waals surface area contributed by atoms with E-state index in [9.17, 15) is 4.79 Å². The van der Waals surface area contributed by atoms with Gasteiger partial charge in [0.1, 0.15) is 11.5 Å². The van der Waals surface area contributed by atoms with Crippen molar-refractivity contribution >= 4 is 17.2 Å². The number of thiophene rings is 1. The van der Waals surface area contributed by atoms with Crippen molar-refractivity contribution in [2.24, 2.45) is 0 Å². The average Bonchev–Trinajstić information content (AvgIpc) is 3.00. The SMILES string of the molecule is COc1cc(OC)cc(C(=O)NC(C)c2cccs2)c1. The molecule has 0 saturated carbocycles. The lowest BCUT2D eigenvalue weighted by molar-refractivity contribution is 0.0940. The Kier molecular flexibility index (Phi) is 4.63. The van der Waals surface area contributed by atoms with Gasteiger partial charge in [0.25, 0.3) is 5.91 Å². The minimum absolute atomic E-state index is 0.0281. The summed E-state index contributed by atoms with van der Waals surface area (Å²) in [6.07, 6.45) is 0. The second-order valence-electron chi connectivity index (χ2n) is 4.31. The summed E-state index contributed by atoms with van der Waals surface area (Å²) in [5.74, 6) is 1.04. The van der Waals surface area contributed by atoms with Crippen LogP contribution in [0.5, 0.6) is 11.5 Å². The van der Waals surface area contributed by atoms with Gasteiger partial charge in [0.15, 0.2) is 0 Å². The summed E-state index contributed by atoms with van der Waals surface area (Å²) < 4.78 is 10.3. The molecule has 5 heteroatoms. The van der Waals surface area contributed by atoms with Gasteiger partial charge in [0.05, 0.1) is 20.3 Å². The maximum Gasteiger partial charge on any atom is 0.252 e. The Morgan fingerprint density at radius 3 is 2.35 bits per heavy atom. The molecule has 4 nitrogen and oxygen atoms in total. The van der Waals surface area contributed by atoms with Crippen LogP contribution in [0.1, 0.15) is 28.2 Å². The Bertz CT molecular complexity index is 559. The van der Waals surface area contributed by atoms with E-state index in [4.69, 9.17) is 9.47 Å². The Balaban J connectivity index is 2.16. The lowest BCUT2D eigenvalue weighted by Crippen LogP contribution is -2.26. The molecule has 0 bridgehead atoms. The molecule has 0 saturated heterocycles. The number of rotatable bonds is 5. The fourth-order valence-electron chi connectivity index (χ4n) is 1.83. The number of nitrogens with one attached hydrogen (secondary N) is 1. The molecule has 20 heavy (non-hydrogen) atoms. The minimum Gasteiger partial charge on any atom is -0.497 e. The molecule has 0 spiro atoms. The highest BCUT2D eigenvalue weighted by atomic mass is 32.1. The number of benzene rings is 1. The zero-order chi connectivity index (χ0) is 14.5. The zero-order valence-corrected chi connectivity index (χ0v) is 12.5. The van der Waals surface area contributed by atoms with Crippen LogP contribution in [0.2, 0.25) is 0 Å². The molecule has 2 aromatic rings. The predicted molar refractivity (Wildman–Crippen MR) is 79.7 cm³/mol. The standard InChI is InChI=1S/C15H17NO3S/c1-10(14-5-4-6-20-14)16-15(17)11-7-12(18-2)9-13(8-11)19-3/h4-10H,1-3H3,(H,16,17). The maximum absolute atomic E-state index is 12.3. The van der Waals surface area contributed by atoms with Gasteiger partial charge in [-0.25, -0.2) is 0 Å². The first-order valence-electron chi connectivity index (χ1n) is 6.21. The quantitative estimate of drug-likeness (QED) is 0.920. The van der Waals surface area contributed by atoms with Crippen LogP contribution in [0.3, 0.4) is 0 Å². The Morgan fingerprint density at radius 1 is 1.20 bits per heavy atom. The topological polar surface area (TPSA) is 47.6 Å². The van der Waals surface area contributed by atoms with Gasteiger partial charge in [-0.05, 0) is 30.5 Å². The number of amides is 1. The van der Waals surface area contributed by atoms with Crippen molar-refractivity contribution in [2.75, 3.05) is 14.2 Å². The van der Waals surface area contributed by atoms with E-state index in [0.29, 0.717) is 17.1 Å². The maximum atomic E-state index is 12.3. The third-order valence-corrected chi connectivity index (χ3v) is 3.99. The molecule has 0 aliphatic carbocycles. The highest BCUT2D eigenvalue weighted by Crippen LogP contribution is 2.24. The molecule has 1 aromatic carbocycles. The molecule has 1 aromatic heterocycles. The predicted octanol–water partition coefficient (Wildman–Crippen LogP) is 3.26. The van der Waals surface area contributed by atoms with E-state index < -0.39 is 0 Å². The van der Waals surface area contributed by atoms with Crippen molar-refractivity contribution < 1.29 is 14.3 Å². The third-order valence-electron chi connectivity index (χ3n) is 2.93. The second-order valence-corrected chi connectivity index (χ2v) is 5.29. The van der Waals surface area contributed by atoms with Gasteiger partial charge in [0, 0.05) is 16.5 Å². The summed E-state index contributed by atoms with van der Waals surface area (Å²) >= 11 is 1.62. The summed E-state index contributed by atoms with van der Waals surface area (Å²) in [6, 6.07) is 9.07. The fraction of sp³-hybridized carbons (Fsp3) is 0.267. The molecule has 1 atom stereocenters. The van der Waals surface area contributed by atoms with E-state index >= 15 is 0 Å². The van der Waals surface area contributed by atoms with Crippen molar-refractivity contribution in [1.82, 2.24) is 5.32 Å². The molecule has 2 rings (SSSR count). The molecule has 0 aliphatic heterocycles. The summed E-state index contributed by atoms with van der Waals surface area (Å²) in [7, 11) is 3.12. The van der Waals surface area contributed by atoms with Crippen LogP contribution in [0.15, 0.2) is 35.7 Å². The van der Waals surface area contributed by atoms with Gasteiger partial charge in [-0.15, -0.1) is 11.3 Å². The first-order valence-corrected chi connectivity index (χ1v) is 7.09. The molecule has 0 fully saturated rings. The fourth-order valence-corrected chi connectivity index (χ4v) is 2.56. The summed E-state index contributed by atoms with van der Waals surface area (Å²) in [4.78, 5) is 13.4. The number of hydrogen-bond acceptors (Lipinski definition) is 4. The highest BCUT2D eigenvalue weighted by molar-refractivity contribution is 7.10. The van der Waals surface area contributed by atoms with E-state index in [1.165, 1.54) is 0 Å². The Hall–Kier alpha value is -2.01. The Labute approximate surface area is 122 Å². The third kappa shape index (κ3) is 3.30. The van der Waals surface area contributed by atoms with E-state index in [0.717, 1.165) is 4.88 Å². The molecule has 1 unspecified atom stereocenters. The molecule has 0 radical (unpaired) electrons. The van der Waals surface area contributed by atoms with Gasteiger partial charge < -0.3 is 14.8 Å². The van der Waals surface area contributed by atoms with Crippen molar-refractivity contribution in [3.63, 3.8) is 0 Å². The largest absolute Gasteiger partial charge is 0.497 e. The van der Waals surface area contributed by atoms with Crippen LogP contribution in [0.25, 0.3) is 0 Å². The molecule has 1 amide bonds. The van der Waals surface area contributed by atoms with Crippen LogP contribution in [-0.2, 0) is 0 Å². The van der Waals surface area contributed by atoms with Crippen molar-refractivity contribution in [3.05, 3.63) is 46.2 Å². The summed E-state index contributed by atoms with van der Waals surface area (Å²) in [5, 5.41) is 4.95. The first-order chi connectivity index (χ1) is 9.63. The van der Waals surface area contributed by atoms with Gasteiger partial charge >= 0.3 is 0 Å². The zero-order valence-electron chi connectivity index (χ0n) is 11.7. The molecular weight excluding hydrogens is 274 g/mol. The second kappa shape index (κ2) is 6.43. The van der Waals surface area contributed by atoms with Gasteiger partial charge in [0.2, 0.25) is 0 Å². The van der Waals surface area contributed by atoms with Gasteiger partial charge in [-0.1, -0.05) is 6.07 Å². The van der Waals surface area contributed by atoms with Gasteiger partial charge in [-0.2, -0.15) is 0 Å². The Morgan fingerprint density at radius 2 is 1.85 bits per heavy atom. The average molecular weight is 291 g/mol. The first kappa shape index (κ1) is 14.4. The molecule has 106 valence electrons. The molecular formula is C15H17NO3S. The van der Waals surface area contributed by atoms with Crippen LogP contribution in [-0.4, -0.2) is 20.1 Å². The van der Waals surface area contributed by atoms with Crippen molar-refractivity contribution in [3.8, 4) is 11.5 Å². The molecule has 0 aliphatic rings. The molecule has 1 heterocycles. The number of ether oxygens (including phenoxy) is 2. The number of carbonyl (C=O) groups is 1. The van der Waals surface area contributed by atoms with Crippen molar-refractivity contribution in [2.45, 2.75) is 13.0 Å². The van der Waals surface area contributed by atoms with E-state index in [1.807, 2.05) is 24.4 Å². The number of methoxy groups -OCH3 is 2. The normalized spacial score (nSPS) is 11.8. The summed E-state index contributed by atoms with van der Waals surface area (Å²) in [5.41, 5.74) is 0.518. The van der Waals surface area contributed by atoms with Crippen LogP contribution in [0, 0.1) is 0 Å². The minimum atomic E-state index is -0.150. The monoisotopic (exact) mass is 291 g/mol. The van der Waals surface area contributed by atoms with Crippen LogP contribution >= 0.6 is 11.3 Å². The molecule has 1 N–H and O–H groups in total.